The zero-order valence-corrected chi connectivity index (χ0v) is 12.2. The van der Waals surface area contributed by atoms with Gasteiger partial charge in [-0.25, -0.2) is 9.78 Å². The van der Waals surface area contributed by atoms with Gasteiger partial charge in [0.15, 0.2) is 5.69 Å². The number of anilines is 1. The molecule has 0 fully saturated rings. The standard InChI is InChI=1S/C12H9BrN2O3S/c1-18-12(17)9-8(3-2-5-14-9)15-11(16)10-7(13)4-6-19-10/h2-6H,1H3,(H,15,16). The normalized spacial score (nSPS) is 10.0. The summed E-state index contributed by atoms with van der Waals surface area (Å²) in [5.74, 6) is -0.902. The maximum absolute atomic E-state index is 12.0. The minimum absolute atomic E-state index is 0.0750. The molecule has 0 saturated carbocycles. The summed E-state index contributed by atoms with van der Waals surface area (Å²) >= 11 is 4.59. The van der Waals surface area contributed by atoms with Crippen molar-refractivity contribution in [3.8, 4) is 0 Å². The van der Waals surface area contributed by atoms with Crippen molar-refractivity contribution in [1.29, 1.82) is 0 Å². The molecule has 1 N–H and O–H groups in total. The van der Waals surface area contributed by atoms with Crippen molar-refractivity contribution in [2.45, 2.75) is 0 Å². The summed E-state index contributed by atoms with van der Waals surface area (Å²) in [5.41, 5.74) is 0.394. The molecular weight excluding hydrogens is 332 g/mol. The van der Waals surface area contributed by atoms with E-state index in [4.69, 9.17) is 0 Å². The molecule has 0 atom stereocenters. The Bertz CT molecular complexity index is 627. The second-order valence-corrected chi connectivity index (χ2v) is 5.21. The third-order valence-corrected chi connectivity index (χ3v) is 4.09. The van der Waals surface area contributed by atoms with Gasteiger partial charge in [-0.1, -0.05) is 0 Å². The summed E-state index contributed by atoms with van der Waals surface area (Å²) in [7, 11) is 1.26. The number of hydrogen-bond donors (Lipinski definition) is 1. The van der Waals surface area contributed by atoms with Crippen LogP contribution in [0.3, 0.4) is 0 Å². The minimum atomic E-state index is -0.596. The van der Waals surface area contributed by atoms with Crippen molar-refractivity contribution in [3.63, 3.8) is 0 Å². The lowest BCUT2D eigenvalue weighted by atomic mass is 10.3. The lowest BCUT2D eigenvalue weighted by molar-refractivity contribution is 0.0595. The maximum Gasteiger partial charge on any atom is 0.358 e. The number of aromatic nitrogens is 1. The zero-order chi connectivity index (χ0) is 13.8. The Morgan fingerprint density at radius 3 is 2.84 bits per heavy atom. The van der Waals surface area contributed by atoms with Gasteiger partial charge in [-0.3, -0.25) is 4.79 Å². The Labute approximate surface area is 121 Å². The average Bonchev–Trinajstić information content (AvgIpc) is 2.85. The molecule has 0 radical (unpaired) electrons. The van der Waals surface area contributed by atoms with Crippen molar-refractivity contribution in [3.05, 3.63) is 44.8 Å². The Morgan fingerprint density at radius 2 is 2.21 bits per heavy atom. The van der Waals surface area contributed by atoms with E-state index >= 15 is 0 Å². The predicted octanol–water partition coefficient (Wildman–Crippen LogP) is 2.94. The van der Waals surface area contributed by atoms with Crippen LogP contribution in [0, 0.1) is 0 Å². The quantitative estimate of drug-likeness (QED) is 0.872. The monoisotopic (exact) mass is 340 g/mol. The molecule has 2 aromatic rings. The molecule has 7 heteroatoms. The molecule has 0 aliphatic heterocycles. The smallest absolute Gasteiger partial charge is 0.358 e. The number of rotatable bonds is 3. The largest absolute Gasteiger partial charge is 0.464 e. The van der Waals surface area contributed by atoms with Gasteiger partial charge in [0.25, 0.3) is 5.91 Å². The first-order chi connectivity index (χ1) is 9.13. The van der Waals surface area contributed by atoms with Crippen molar-refractivity contribution >= 4 is 44.8 Å². The van der Waals surface area contributed by atoms with E-state index in [9.17, 15) is 9.59 Å². The minimum Gasteiger partial charge on any atom is -0.464 e. The lowest BCUT2D eigenvalue weighted by Crippen LogP contribution is -2.15. The van der Waals surface area contributed by atoms with E-state index in [1.165, 1.54) is 24.6 Å². The highest BCUT2D eigenvalue weighted by Gasteiger charge is 2.17. The number of ether oxygens (including phenoxy) is 1. The van der Waals surface area contributed by atoms with Crippen LogP contribution in [0.2, 0.25) is 0 Å². The fourth-order valence-corrected chi connectivity index (χ4v) is 2.85. The van der Waals surface area contributed by atoms with Crippen LogP contribution in [0.1, 0.15) is 20.2 Å². The molecule has 5 nitrogen and oxygen atoms in total. The second-order valence-electron chi connectivity index (χ2n) is 3.44. The number of nitrogens with one attached hydrogen (secondary N) is 1. The molecule has 2 heterocycles. The predicted molar refractivity (Wildman–Crippen MR) is 75.5 cm³/mol. The third-order valence-electron chi connectivity index (χ3n) is 2.26. The van der Waals surface area contributed by atoms with Crippen LogP contribution in [0.15, 0.2) is 34.2 Å². The van der Waals surface area contributed by atoms with Crippen LogP contribution in [0.5, 0.6) is 0 Å². The molecule has 0 saturated heterocycles. The number of halogens is 1. The van der Waals surface area contributed by atoms with E-state index in [1.807, 2.05) is 0 Å². The topological polar surface area (TPSA) is 68.3 Å². The van der Waals surface area contributed by atoms with E-state index in [0.717, 1.165) is 0 Å². The number of amides is 1. The van der Waals surface area contributed by atoms with Gasteiger partial charge in [0.05, 0.1) is 12.8 Å². The fraction of sp³-hybridized carbons (Fsp3) is 0.0833. The lowest BCUT2D eigenvalue weighted by Gasteiger charge is -2.07. The summed E-state index contributed by atoms with van der Waals surface area (Å²) in [4.78, 5) is 28.0. The van der Waals surface area contributed by atoms with E-state index < -0.39 is 5.97 Å². The summed E-state index contributed by atoms with van der Waals surface area (Å²) in [6.45, 7) is 0. The second kappa shape index (κ2) is 5.94. The zero-order valence-electron chi connectivity index (χ0n) is 9.84. The first kappa shape index (κ1) is 13.7. The molecule has 0 bridgehead atoms. The first-order valence-corrected chi connectivity index (χ1v) is 6.88. The summed E-state index contributed by atoms with van der Waals surface area (Å²) in [5, 5.41) is 4.44. The molecule has 2 aromatic heterocycles. The highest BCUT2D eigenvalue weighted by molar-refractivity contribution is 9.10. The number of thiophene rings is 1. The molecule has 0 aliphatic carbocycles. The Morgan fingerprint density at radius 1 is 1.42 bits per heavy atom. The number of carbonyl (C=O) groups excluding carboxylic acids is 2. The van der Waals surface area contributed by atoms with Gasteiger partial charge in [-0.05, 0) is 39.5 Å². The number of hydrogen-bond acceptors (Lipinski definition) is 5. The maximum atomic E-state index is 12.0. The molecule has 0 unspecified atom stereocenters. The molecule has 0 spiro atoms. The van der Waals surface area contributed by atoms with Gasteiger partial charge in [0.2, 0.25) is 0 Å². The molecule has 98 valence electrons. The van der Waals surface area contributed by atoms with Crippen LogP contribution < -0.4 is 5.32 Å². The third kappa shape index (κ3) is 2.99. The summed E-state index contributed by atoms with van der Waals surface area (Å²) < 4.78 is 5.32. The van der Waals surface area contributed by atoms with Crippen molar-refractivity contribution in [1.82, 2.24) is 4.98 Å². The average molecular weight is 341 g/mol. The molecule has 1 amide bonds. The van der Waals surface area contributed by atoms with Crippen LogP contribution in [0.4, 0.5) is 5.69 Å². The Hall–Kier alpha value is -1.73. The first-order valence-electron chi connectivity index (χ1n) is 5.21. The molecular formula is C12H9BrN2O3S. The fourth-order valence-electron chi connectivity index (χ4n) is 1.40. The number of pyridine rings is 1. The number of nitrogens with zero attached hydrogens (tertiary/aromatic N) is 1. The van der Waals surface area contributed by atoms with Gasteiger partial charge >= 0.3 is 5.97 Å². The van der Waals surface area contributed by atoms with Crippen LogP contribution in [-0.4, -0.2) is 24.0 Å². The number of methoxy groups -OCH3 is 1. The van der Waals surface area contributed by atoms with Gasteiger partial charge < -0.3 is 10.1 Å². The Kier molecular flexibility index (Phi) is 4.28. The highest BCUT2D eigenvalue weighted by atomic mass is 79.9. The molecule has 19 heavy (non-hydrogen) atoms. The van der Waals surface area contributed by atoms with Gasteiger partial charge in [-0.2, -0.15) is 0 Å². The van der Waals surface area contributed by atoms with Gasteiger partial charge in [0, 0.05) is 10.7 Å². The molecule has 0 aromatic carbocycles. The Balaban J connectivity index is 2.27. The SMILES string of the molecule is COC(=O)c1ncccc1NC(=O)c1sccc1Br. The van der Waals surface area contributed by atoms with Crippen molar-refractivity contribution < 1.29 is 14.3 Å². The number of carbonyl (C=O) groups is 2. The van der Waals surface area contributed by atoms with E-state index in [-0.39, 0.29) is 11.6 Å². The van der Waals surface area contributed by atoms with E-state index in [2.05, 4.69) is 31.0 Å². The highest BCUT2D eigenvalue weighted by Crippen LogP contribution is 2.24. The number of esters is 1. The molecule has 0 aliphatic rings. The summed E-state index contributed by atoms with van der Waals surface area (Å²) in [6, 6.07) is 5.01. The van der Waals surface area contributed by atoms with Crippen molar-refractivity contribution in [2.75, 3.05) is 12.4 Å². The van der Waals surface area contributed by atoms with Crippen LogP contribution >= 0.6 is 27.3 Å². The summed E-state index contributed by atoms with van der Waals surface area (Å²) in [6.07, 6.45) is 1.46. The van der Waals surface area contributed by atoms with Gasteiger partial charge in [0.1, 0.15) is 4.88 Å². The van der Waals surface area contributed by atoms with Crippen LogP contribution in [0.25, 0.3) is 0 Å². The van der Waals surface area contributed by atoms with Crippen molar-refractivity contribution in [2.24, 2.45) is 0 Å². The van der Waals surface area contributed by atoms with E-state index in [1.54, 1.807) is 23.6 Å². The molecule has 2 rings (SSSR count). The van der Waals surface area contributed by atoms with E-state index in [0.29, 0.717) is 15.0 Å². The van der Waals surface area contributed by atoms with Gasteiger partial charge in [-0.15, -0.1) is 11.3 Å². The van der Waals surface area contributed by atoms with Crippen LogP contribution in [-0.2, 0) is 4.74 Å².